The third-order valence-electron chi connectivity index (χ3n) is 4.74. The summed E-state index contributed by atoms with van der Waals surface area (Å²) >= 11 is 5.91. The number of carbonyl (C=O) groups excluding carboxylic acids is 2. The Kier molecular flexibility index (Phi) is 4.60. The normalized spacial score (nSPS) is 15.2. The molecule has 0 saturated heterocycles. The second-order valence-corrected chi connectivity index (χ2v) is 7.20. The number of aromatic nitrogens is 3. The van der Waals surface area contributed by atoms with E-state index in [9.17, 15) is 9.59 Å². The van der Waals surface area contributed by atoms with E-state index in [1.807, 2.05) is 32.0 Å². The number of anilines is 2. The van der Waals surface area contributed by atoms with Gasteiger partial charge in [-0.1, -0.05) is 17.7 Å². The van der Waals surface area contributed by atoms with Gasteiger partial charge in [0.2, 0.25) is 11.9 Å². The Balaban J connectivity index is 1.51. The number of hydrogen-bond donors (Lipinski definition) is 2. The van der Waals surface area contributed by atoms with Crippen molar-refractivity contribution < 1.29 is 9.59 Å². The van der Waals surface area contributed by atoms with Crippen LogP contribution in [0.3, 0.4) is 0 Å². The molecule has 0 spiro atoms. The Morgan fingerprint density at radius 3 is 2.64 bits per heavy atom. The Bertz CT molecular complexity index is 1070. The number of aryl methyl sites for hydroxylation is 2. The van der Waals surface area contributed by atoms with Crippen molar-refractivity contribution in [3.05, 3.63) is 58.6 Å². The third-order valence-corrected chi connectivity index (χ3v) is 4.99. The lowest BCUT2D eigenvalue weighted by molar-refractivity contribution is -0.123. The SMILES string of the molecule is Cc1ccc(NC(=O)C[C@@H]2C(=O)Nc3nc(-c4ccc(Cl)cc4)nn32)cc1C. The molecule has 0 radical (unpaired) electrons. The standard InChI is InChI=1S/C20H18ClN5O2/c1-11-3-8-15(9-12(11)2)22-17(27)10-16-19(28)24-20-23-18(25-26(16)20)13-4-6-14(21)7-5-13/h3-9,16H,10H2,1-2H3,(H,22,27)(H,23,24,25,28)/t16-/m1/s1. The van der Waals surface area contributed by atoms with Crippen molar-refractivity contribution in [2.45, 2.75) is 26.3 Å². The molecule has 1 aliphatic heterocycles. The number of fused-ring (bicyclic) bond motifs is 1. The minimum absolute atomic E-state index is 0.0326. The Morgan fingerprint density at radius 1 is 1.18 bits per heavy atom. The summed E-state index contributed by atoms with van der Waals surface area (Å²) < 4.78 is 1.46. The van der Waals surface area contributed by atoms with Gasteiger partial charge in [0, 0.05) is 16.3 Å². The first-order valence-electron chi connectivity index (χ1n) is 8.81. The largest absolute Gasteiger partial charge is 0.326 e. The molecule has 3 aromatic rings. The van der Waals surface area contributed by atoms with Crippen molar-refractivity contribution in [2.75, 3.05) is 10.6 Å². The topological polar surface area (TPSA) is 88.9 Å². The molecule has 7 nitrogen and oxygen atoms in total. The van der Waals surface area contributed by atoms with Crippen LogP contribution in [0.25, 0.3) is 11.4 Å². The maximum absolute atomic E-state index is 12.5. The van der Waals surface area contributed by atoms with Gasteiger partial charge in [0.05, 0.1) is 6.42 Å². The van der Waals surface area contributed by atoms with Gasteiger partial charge in [-0.05, 0) is 61.4 Å². The van der Waals surface area contributed by atoms with Crippen molar-refractivity contribution in [3.63, 3.8) is 0 Å². The van der Waals surface area contributed by atoms with E-state index in [0.29, 0.717) is 22.5 Å². The van der Waals surface area contributed by atoms with Crippen LogP contribution in [0.5, 0.6) is 0 Å². The van der Waals surface area contributed by atoms with Gasteiger partial charge in [-0.25, -0.2) is 4.68 Å². The highest BCUT2D eigenvalue weighted by Crippen LogP contribution is 2.29. The van der Waals surface area contributed by atoms with Crippen molar-refractivity contribution in [1.29, 1.82) is 0 Å². The molecule has 0 bridgehead atoms. The van der Waals surface area contributed by atoms with Crippen LogP contribution in [0.15, 0.2) is 42.5 Å². The molecular weight excluding hydrogens is 378 g/mol. The molecule has 2 heterocycles. The van der Waals surface area contributed by atoms with Gasteiger partial charge in [-0.15, -0.1) is 5.10 Å². The Labute approximate surface area is 166 Å². The van der Waals surface area contributed by atoms with Crippen molar-refractivity contribution in [3.8, 4) is 11.4 Å². The average Bonchev–Trinajstić information content (AvgIpc) is 3.18. The van der Waals surface area contributed by atoms with E-state index < -0.39 is 6.04 Å². The first-order chi connectivity index (χ1) is 13.4. The quantitative estimate of drug-likeness (QED) is 0.704. The van der Waals surface area contributed by atoms with E-state index in [1.165, 1.54) is 4.68 Å². The predicted molar refractivity (Wildman–Crippen MR) is 107 cm³/mol. The summed E-state index contributed by atoms with van der Waals surface area (Å²) in [5.41, 5.74) is 3.71. The third kappa shape index (κ3) is 3.48. The van der Waals surface area contributed by atoms with E-state index in [0.717, 1.165) is 16.7 Å². The van der Waals surface area contributed by atoms with Gasteiger partial charge >= 0.3 is 0 Å². The summed E-state index contributed by atoms with van der Waals surface area (Å²) in [6.07, 6.45) is -0.0326. The second-order valence-electron chi connectivity index (χ2n) is 6.77. The number of nitrogens with one attached hydrogen (secondary N) is 2. The van der Waals surface area contributed by atoms with Crippen LogP contribution in [0.4, 0.5) is 11.6 Å². The van der Waals surface area contributed by atoms with E-state index in [1.54, 1.807) is 24.3 Å². The maximum atomic E-state index is 12.5. The highest BCUT2D eigenvalue weighted by Gasteiger charge is 2.35. The molecule has 0 aliphatic carbocycles. The number of rotatable bonds is 4. The summed E-state index contributed by atoms with van der Waals surface area (Å²) in [5, 5.41) is 10.5. The smallest absolute Gasteiger partial charge is 0.252 e. The fourth-order valence-electron chi connectivity index (χ4n) is 3.04. The molecule has 1 aromatic heterocycles. The highest BCUT2D eigenvalue weighted by atomic mass is 35.5. The fourth-order valence-corrected chi connectivity index (χ4v) is 3.16. The van der Waals surface area contributed by atoms with E-state index in [4.69, 9.17) is 11.6 Å². The summed E-state index contributed by atoms with van der Waals surface area (Å²) in [4.78, 5) is 29.1. The molecule has 2 amide bonds. The predicted octanol–water partition coefficient (Wildman–Crippen LogP) is 3.74. The number of nitrogens with zero attached hydrogens (tertiary/aromatic N) is 3. The van der Waals surface area contributed by atoms with E-state index in [2.05, 4.69) is 20.7 Å². The number of carbonyl (C=O) groups is 2. The van der Waals surface area contributed by atoms with Gasteiger partial charge in [-0.3, -0.25) is 14.9 Å². The lowest BCUT2D eigenvalue weighted by Crippen LogP contribution is -2.23. The molecule has 2 N–H and O–H groups in total. The van der Waals surface area contributed by atoms with Crippen LogP contribution in [0, 0.1) is 13.8 Å². The molecular formula is C20H18ClN5O2. The van der Waals surface area contributed by atoms with Gasteiger partial charge in [0.15, 0.2) is 5.82 Å². The van der Waals surface area contributed by atoms with Crippen LogP contribution in [0.2, 0.25) is 5.02 Å². The van der Waals surface area contributed by atoms with Crippen LogP contribution in [-0.2, 0) is 9.59 Å². The first kappa shape index (κ1) is 18.2. The van der Waals surface area contributed by atoms with Crippen LogP contribution in [-0.4, -0.2) is 26.6 Å². The summed E-state index contributed by atoms with van der Waals surface area (Å²) in [6, 6.07) is 12.0. The zero-order valence-electron chi connectivity index (χ0n) is 15.4. The zero-order valence-corrected chi connectivity index (χ0v) is 16.1. The molecule has 1 aliphatic rings. The molecule has 1 atom stereocenters. The lowest BCUT2D eigenvalue weighted by atomic mass is 10.1. The number of benzene rings is 2. The fraction of sp³-hybridized carbons (Fsp3) is 0.200. The molecule has 28 heavy (non-hydrogen) atoms. The summed E-state index contributed by atoms with van der Waals surface area (Å²) in [6.45, 7) is 3.99. The minimum atomic E-state index is -0.741. The molecule has 0 fully saturated rings. The maximum Gasteiger partial charge on any atom is 0.252 e. The second kappa shape index (κ2) is 7.09. The van der Waals surface area contributed by atoms with Gasteiger partial charge in [0.25, 0.3) is 5.91 Å². The van der Waals surface area contributed by atoms with E-state index >= 15 is 0 Å². The monoisotopic (exact) mass is 395 g/mol. The average molecular weight is 396 g/mol. The van der Waals surface area contributed by atoms with Crippen LogP contribution < -0.4 is 10.6 Å². The molecule has 8 heteroatoms. The zero-order chi connectivity index (χ0) is 19.8. The Morgan fingerprint density at radius 2 is 1.93 bits per heavy atom. The molecule has 142 valence electrons. The lowest BCUT2D eigenvalue weighted by Gasteiger charge is -2.11. The van der Waals surface area contributed by atoms with Crippen molar-refractivity contribution >= 4 is 35.1 Å². The van der Waals surface area contributed by atoms with Gasteiger partial charge < -0.3 is 5.32 Å². The number of amides is 2. The van der Waals surface area contributed by atoms with Gasteiger partial charge in [0.1, 0.15) is 6.04 Å². The summed E-state index contributed by atoms with van der Waals surface area (Å²) in [7, 11) is 0. The number of hydrogen-bond acceptors (Lipinski definition) is 4. The molecule has 0 unspecified atom stereocenters. The molecule has 0 saturated carbocycles. The highest BCUT2D eigenvalue weighted by molar-refractivity contribution is 6.30. The first-order valence-corrected chi connectivity index (χ1v) is 9.19. The van der Waals surface area contributed by atoms with Crippen LogP contribution in [0.1, 0.15) is 23.6 Å². The molecule has 2 aromatic carbocycles. The van der Waals surface area contributed by atoms with E-state index in [-0.39, 0.29) is 18.2 Å². The van der Waals surface area contributed by atoms with Crippen molar-refractivity contribution in [2.24, 2.45) is 0 Å². The minimum Gasteiger partial charge on any atom is -0.326 e. The summed E-state index contributed by atoms with van der Waals surface area (Å²) in [5.74, 6) is 0.234. The van der Waals surface area contributed by atoms with Crippen LogP contribution >= 0.6 is 11.6 Å². The Hall–Kier alpha value is -3.19. The van der Waals surface area contributed by atoms with Gasteiger partial charge in [-0.2, -0.15) is 4.98 Å². The molecule has 4 rings (SSSR count). The van der Waals surface area contributed by atoms with Crippen molar-refractivity contribution in [1.82, 2.24) is 14.8 Å². The number of halogens is 1.